The first kappa shape index (κ1) is 19.4. The number of fused-ring (bicyclic) bond motifs is 1. The largest absolute Gasteiger partial charge is 0.355 e. The Balaban J connectivity index is 1.27. The van der Waals surface area contributed by atoms with E-state index < -0.39 is 0 Å². The van der Waals surface area contributed by atoms with E-state index in [2.05, 4.69) is 56.7 Å². The van der Waals surface area contributed by atoms with E-state index in [0.717, 1.165) is 56.1 Å². The van der Waals surface area contributed by atoms with Crippen molar-refractivity contribution in [1.29, 1.82) is 0 Å². The Hall–Kier alpha value is -2.96. The van der Waals surface area contributed by atoms with E-state index in [1.807, 2.05) is 25.1 Å². The molecule has 0 radical (unpaired) electrons. The monoisotopic (exact) mass is 392 g/mol. The molecule has 1 saturated heterocycles. The van der Waals surface area contributed by atoms with Gasteiger partial charge in [0.25, 0.3) is 0 Å². The van der Waals surface area contributed by atoms with Gasteiger partial charge in [-0.2, -0.15) is 4.52 Å². The number of rotatable bonds is 6. The first-order chi connectivity index (χ1) is 14.1. The summed E-state index contributed by atoms with van der Waals surface area (Å²) in [5.41, 5.74) is 2.07. The highest BCUT2D eigenvalue weighted by atomic mass is 16.1. The van der Waals surface area contributed by atoms with Gasteiger partial charge in [-0.3, -0.25) is 4.79 Å². The number of hydrogen-bond donors (Lipinski definition) is 1. The summed E-state index contributed by atoms with van der Waals surface area (Å²) in [5.74, 6) is 1.95. The van der Waals surface area contributed by atoms with Gasteiger partial charge in [-0.05, 0) is 57.2 Å². The van der Waals surface area contributed by atoms with Crippen LogP contribution in [-0.4, -0.2) is 44.8 Å². The highest BCUT2D eigenvalue weighted by molar-refractivity contribution is 5.79. The summed E-state index contributed by atoms with van der Waals surface area (Å²) in [7, 11) is 0. The zero-order valence-electron chi connectivity index (χ0n) is 17.1. The molecule has 0 saturated carbocycles. The SMILES string of the molecule is Cc1nnc2ccc(N3CCC(C(=O)N[C@@H](C)CCc4ccccc4)CC3)nn12. The van der Waals surface area contributed by atoms with Crippen LogP contribution in [0.15, 0.2) is 42.5 Å². The molecule has 0 aliphatic carbocycles. The molecule has 0 spiro atoms. The van der Waals surface area contributed by atoms with Crippen molar-refractivity contribution in [3.05, 3.63) is 53.9 Å². The molecular formula is C22H28N6O. The minimum atomic E-state index is 0.0748. The fourth-order valence-electron chi connectivity index (χ4n) is 3.89. The number of nitrogens with one attached hydrogen (secondary N) is 1. The van der Waals surface area contributed by atoms with Crippen molar-refractivity contribution in [1.82, 2.24) is 25.1 Å². The average molecular weight is 393 g/mol. The summed E-state index contributed by atoms with van der Waals surface area (Å²) in [6.07, 6.45) is 3.63. The summed E-state index contributed by atoms with van der Waals surface area (Å²) in [6, 6.07) is 14.5. The highest BCUT2D eigenvalue weighted by Gasteiger charge is 2.26. The molecule has 1 N–H and O–H groups in total. The number of nitrogens with zero attached hydrogens (tertiary/aromatic N) is 5. The van der Waals surface area contributed by atoms with E-state index >= 15 is 0 Å². The molecule has 1 aliphatic heterocycles. The van der Waals surface area contributed by atoms with Crippen LogP contribution in [0.1, 0.15) is 37.6 Å². The zero-order chi connectivity index (χ0) is 20.2. The molecule has 1 fully saturated rings. The molecule has 4 rings (SSSR count). The van der Waals surface area contributed by atoms with Gasteiger partial charge < -0.3 is 10.2 Å². The number of aromatic nitrogens is 4. The van der Waals surface area contributed by atoms with E-state index in [9.17, 15) is 4.79 Å². The van der Waals surface area contributed by atoms with Crippen molar-refractivity contribution >= 4 is 17.4 Å². The molecule has 1 aromatic carbocycles. The van der Waals surface area contributed by atoms with Crippen LogP contribution in [0.5, 0.6) is 0 Å². The quantitative estimate of drug-likeness (QED) is 0.698. The Kier molecular flexibility index (Phi) is 5.74. The molecule has 7 nitrogen and oxygen atoms in total. The van der Waals surface area contributed by atoms with Gasteiger partial charge in [0.05, 0.1) is 0 Å². The number of piperidine rings is 1. The van der Waals surface area contributed by atoms with Gasteiger partial charge in [-0.15, -0.1) is 15.3 Å². The van der Waals surface area contributed by atoms with Crippen molar-refractivity contribution in [2.45, 2.75) is 45.6 Å². The van der Waals surface area contributed by atoms with Crippen LogP contribution >= 0.6 is 0 Å². The topological polar surface area (TPSA) is 75.4 Å². The maximum absolute atomic E-state index is 12.7. The average Bonchev–Trinajstić information content (AvgIpc) is 3.13. The Labute approximate surface area is 171 Å². The van der Waals surface area contributed by atoms with Gasteiger partial charge in [0.2, 0.25) is 5.91 Å². The predicted molar refractivity (Wildman–Crippen MR) is 113 cm³/mol. The van der Waals surface area contributed by atoms with E-state index in [1.165, 1.54) is 5.56 Å². The smallest absolute Gasteiger partial charge is 0.223 e. The fourth-order valence-corrected chi connectivity index (χ4v) is 3.89. The summed E-state index contributed by atoms with van der Waals surface area (Å²) in [6.45, 7) is 5.65. The maximum atomic E-state index is 12.7. The van der Waals surface area contributed by atoms with E-state index in [1.54, 1.807) is 4.52 Å². The lowest BCUT2D eigenvalue weighted by Crippen LogP contribution is -2.43. The van der Waals surface area contributed by atoms with Crippen molar-refractivity contribution in [2.75, 3.05) is 18.0 Å². The lowest BCUT2D eigenvalue weighted by atomic mass is 9.95. The molecule has 7 heteroatoms. The van der Waals surface area contributed by atoms with Crippen LogP contribution < -0.4 is 10.2 Å². The van der Waals surface area contributed by atoms with Gasteiger partial charge in [0.15, 0.2) is 11.5 Å². The molecule has 29 heavy (non-hydrogen) atoms. The standard InChI is InChI=1S/C22H28N6O/c1-16(8-9-18-6-4-3-5-7-18)23-22(29)19-12-14-27(15-13-19)21-11-10-20-25-24-17(2)28(20)26-21/h3-7,10-11,16,19H,8-9,12-15H2,1-2H3,(H,23,29)/t16-/m0/s1. The van der Waals surface area contributed by atoms with Gasteiger partial charge in [-0.25, -0.2) is 0 Å². The minimum absolute atomic E-state index is 0.0748. The van der Waals surface area contributed by atoms with Gasteiger partial charge in [-0.1, -0.05) is 30.3 Å². The van der Waals surface area contributed by atoms with Crippen molar-refractivity contribution < 1.29 is 4.79 Å². The fraction of sp³-hybridized carbons (Fsp3) is 0.455. The van der Waals surface area contributed by atoms with Crippen LogP contribution in [0.4, 0.5) is 5.82 Å². The number of aryl methyl sites for hydroxylation is 2. The van der Waals surface area contributed by atoms with Crippen LogP contribution in [0.3, 0.4) is 0 Å². The third-order valence-electron chi connectivity index (χ3n) is 5.69. The van der Waals surface area contributed by atoms with Gasteiger partial charge in [0.1, 0.15) is 5.82 Å². The molecule has 1 aliphatic rings. The Morgan fingerprint density at radius 2 is 1.90 bits per heavy atom. The summed E-state index contributed by atoms with van der Waals surface area (Å²) >= 11 is 0. The third-order valence-corrected chi connectivity index (χ3v) is 5.69. The van der Waals surface area contributed by atoms with E-state index in [-0.39, 0.29) is 17.9 Å². The second kappa shape index (κ2) is 8.59. The predicted octanol–water partition coefficient (Wildman–Crippen LogP) is 2.79. The zero-order valence-corrected chi connectivity index (χ0v) is 17.1. The summed E-state index contributed by atoms with van der Waals surface area (Å²) in [4.78, 5) is 14.9. The number of hydrogen-bond acceptors (Lipinski definition) is 5. The summed E-state index contributed by atoms with van der Waals surface area (Å²) in [5, 5.41) is 16.0. The first-order valence-electron chi connectivity index (χ1n) is 10.4. The maximum Gasteiger partial charge on any atom is 0.223 e. The third kappa shape index (κ3) is 4.55. The number of amides is 1. The second-order valence-electron chi connectivity index (χ2n) is 7.90. The molecule has 1 atom stereocenters. The summed E-state index contributed by atoms with van der Waals surface area (Å²) < 4.78 is 1.77. The van der Waals surface area contributed by atoms with E-state index in [0.29, 0.717) is 0 Å². The molecule has 0 unspecified atom stereocenters. The Bertz CT molecular complexity index is 962. The Morgan fingerprint density at radius 1 is 1.14 bits per heavy atom. The van der Waals surface area contributed by atoms with Crippen LogP contribution in [0.2, 0.25) is 0 Å². The molecule has 2 aromatic heterocycles. The van der Waals surface area contributed by atoms with Crippen molar-refractivity contribution in [3.63, 3.8) is 0 Å². The molecule has 3 heterocycles. The molecule has 1 amide bonds. The van der Waals surface area contributed by atoms with Crippen LogP contribution in [-0.2, 0) is 11.2 Å². The Morgan fingerprint density at radius 3 is 2.66 bits per heavy atom. The van der Waals surface area contributed by atoms with E-state index in [4.69, 9.17) is 0 Å². The second-order valence-corrected chi connectivity index (χ2v) is 7.90. The normalized spacial score (nSPS) is 16.1. The number of anilines is 1. The lowest BCUT2D eigenvalue weighted by molar-refractivity contribution is -0.126. The van der Waals surface area contributed by atoms with Gasteiger partial charge >= 0.3 is 0 Å². The molecule has 152 valence electrons. The highest BCUT2D eigenvalue weighted by Crippen LogP contribution is 2.22. The molecular weight excluding hydrogens is 364 g/mol. The number of benzene rings is 1. The minimum Gasteiger partial charge on any atom is -0.355 e. The molecule has 0 bridgehead atoms. The van der Waals surface area contributed by atoms with Crippen LogP contribution in [0.25, 0.3) is 5.65 Å². The van der Waals surface area contributed by atoms with Gasteiger partial charge in [0, 0.05) is 25.0 Å². The van der Waals surface area contributed by atoms with Crippen molar-refractivity contribution in [2.24, 2.45) is 5.92 Å². The number of carbonyl (C=O) groups excluding carboxylic acids is 1. The number of carbonyl (C=O) groups is 1. The molecule has 3 aromatic rings. The van der Waals surface area contributed by atoms with Crippen LogP contribution in [0, 0.1) is 12.8 Å². The lowest BCUT2D eigenvalue weighted by Gasteiger charge is -2.32. The van der Waals surface area contributed by atoms with Crippen molar-refractivity contribution in [3.8, 4) is 0 Å². The first-order valence-corrected chi connectivity index (χ1v) is 10.4.